The molecule has 10 heteroatoms. The summed E-state index contributed by atoms with van der Waals surface area (Å²) >= 11 is 0. The van der Waals surface area contributed by atoms with Crippen LogP contribution >= 0.6 is 0 Å². The van der Waals surface area contributed by atoms with Crippen molar-refractivity contribution in [1.29, 1.82) is 5.26 Å². The van der Waals surface area contributed by atoms with Crippen molar-refractivity contribution < 1.29 is 9.59 Å². The molecule has 1 aromatic carbocycles. The second-order valence-corrected chi connectivity index (χ2v) is 8.26. The van der Waals surface area contributed by atoms with Gasteiger partial charge in [0.25, 0.3) is 0 Å². The van der Waals surface area contributed by atoms with Crippen molar-refractivity contribution in [3.63, 3.8) is 0 Å². The molecular weight excluding hydrogens is 408 g/mol. The van der Waals surface area contributed by atoms with Crippen LogP contribution < -0.4 is 10.6 Å². The molecule has 0 aliphatic carbocycles. The summed E-state index contributed by atoms with van der Waals surface area (Å²) in [7, 11) is 1.91. The number of benzene rings is 1. The Balaban J connectivity index is 1.50. The number of fused-ring (bicyclic) bond motifs is 1. The third-order valence-electron chi connectivity index (χ3n) is 5.98. The third kappa shape index (κ3) is 4.82. The molecule has 0 radical (unpaired) electrons. The molecule has 2 N–H and O–H groups in total. The minimum Gasteiger partial charge on any atom is -0.341 e. The van der Waals surface area contributed by atoms with Crippen LogP contribution in [-0.4, -0.2) is 69.3 Å². The zero-order valence-electron chi connectivity index (χ0n) is 18.3. The molecule has 2 aliphatic heterocycles. The van der Waals surface area contributed by atoms with Crippen molar-refractivity contribution in [3.8, 4) is 6.19 Å². The number of carbonyl (C=O) groups is 2. The standard InChI is InChI=1S/C22H28N8O2/c1-28-15-25-17-8-7-16(12-19(17)28)26-22(24-14-23)27-18-6-2-3-11-30(21(18)32)13-20(31)29-9-4-5-10-29/h7-8,12,15,18H,2-6,9-11,13H2,1H3,(H2,24,26,27). The molecule has 1 unspecified atom stereocenters. The van der Waals surface area contributed by atoms with Crippen molar-refractivity contribution in [3.05, 3.63) is 24.5 Å². The lowest BCUT2D eigenvalue weighted by molar-refractivity contribution is -0.140. The van der Waals surface area contributed by atoms with E-state index in [0.717, 1.165) is 55.5 Å². The summed E-state index contributed by atoms with van der Waals surface area (Å²) in [5, 5.41) is 14.9. The summed E-state index contributed by atoms with van der Waals surface area (Å²) in [4.78, 5) is 38.0. The molecular formula is C22H28N8O2. The number of aryl methyl sites for hydroxylation is 1. The normalized spacial score (nSPS) is 19.7. The second kappa shape index (κ2) is 9.68. The summed E-state index contributed by atoms with van der Waals surface area (Å²) < 4.78 is 1.90. The lowest BCUT2D eigenvalue weighted by Gasteiger charge is -2.25. The first-order valence-corrected chi connectivity index (χ1v) is 11.0. The zero-order chi connectivity index (χ0) is 22.5. The van der Waals surface area contributed by atoms with Crippen LogP contribution in [0.4, 0.5) is 5.69 Å². The highest BCUT2D eigenvalue weighted by Gasteiger charge is 2.30. The smallest absolute Gasteiger partial charge is 0.247 e. The molecule has 2 aliphatic rings. The number of aliphatic imine (C=N–C) groups is 1. The number of hydrogen-bond donors (Lipinski definition) is 2. The molecule has 0 spiro atoms. The Bertz CT molecular complexity index is 1060. The van der Waals surface area contributed by atoms with E-state index in [2.05, 4.69) is 20.6 Å². The van der Waals surface area contributed by atoms with E-state index in [-0.39, 0.29) is 24.3 Å². The van der Waals surface area contributed by atoms with Crippen LogP contribution in [0.2, 0.25) is 0 Å². The molecule has 0 saturated carbocycles. The molecule has 2 saturated heterocycles. The summed E-state index contributed by atoms with van der Waals surface area (Å²) in [5.41, 5.74) is 2.52. The fraction of sp³-hybridized carbons (Fsp3) is 0.500. The first kappa shape index (κ1) is 21.6. The lowest BCUT2D eigenvalue weighted by Crippen LogP contribution is -2.45. The fourth-order valence-electron chi connectivity index (χ4n) is 4.24. The molecule has 2 aromatic rings. The van der Waals surface area contributed by atoms with E-state index < -0.39 is 6.04 Å². The summed E-state index contributed by atoms with van der Waals surface area (Å²) in [6, 6.07) is 4.99. The molecule has 4 rings (SSSR count). The van der Waals surface area contributed by atoms with Crippen LogP contribution in [0.1, 0.15) is 32.1 Å². The number of aromatic nitrogens is 2. The lowest BCUT2D eigenvalue weighted by atomic mass is 10.1. The van der Waals surface area contributed by atoms with Gasteiger partial charge in [-0.05, 0) is 50.3 Å². The third-order valence-corrected chi connectivity index (χ3v) is 5.98. The van der Waals surface area contributed by atoms with Crippen LogP contribution in [0.25, 0.3) is 11.0 Å². The van der Waals surface area contributed by atoms with Gasteiger partial charge < -0.3 is 19.7 Å². The van der Waals surface area contributed by atoms with E-state index in [1.54, 1.807) is 11.2 Å². The SMILES string of the molecule is Cn1cnc2ccc(NC(=NC3CCCCN(CC(=O)N4CCCC4)C3=O)NC#N)cc21. The Morgan fingerprint density at radius 3 is 2.81 bits per heavy atom. The number of carbonyl (C=O) groups excluding carboxylic acids is 2. The van der Waals surface area contributed by atoms with Crippen LogP contribution in [0.15, 0.2) is 29.5 Å². The average Bonchev–Trinajstić information content (AvgIpc) is 3.41. The van der Waals surface area contributed by atoms with Gasteiger partial charge in [0.15, 0.2) is 6.19 Å². The van der Waals surface area contributed by atoms with Gasteiger partial charge in [0.1, 0.15) is 6.04 Å². The number of nitrogens with one attached hydrogen (secondary N) is 2. The predicted octanol–water partition coefficient (Wildman–Crippen LogP) is 1.42. The highest BCUT2D eigenvalue weighted by atomic mass is 16.2. The Kier molecular flexibility index (Phi) is 6.54. The molecule has 0 bridgehead atoms. The minimum absolute atomic E-state index is 0.00143. The van der Waals surface area contributed by atoms with Gasteiger partial charge in [0, 0.05) is 32.4 Å². The van der Waals surface area contributed by atoms with Gasteiger partial charge >= 0.3 is 0 Å². The fourth-order valence-corrected chi connectivity index (χ4v) is 4.24. The summed E-state index contributed by atoms with van der Waals surface area (Å²) in [6.07, 6.45) is 7.89. The number of imidazole rings is 1. The van der Waals surface area contributed by atoms with E-state index in [1.165, 1.54) is 0 Å². The molecule has 2 amide bonds. The number of guanidine groups is 1. The number of anilines is 1. The maximum atomic E-state index is 13.2. The topological polar surface area (TPSA) is 119 Å². The van der Waals surface area contributed by atoms with Crippen molar-refractivity contribution in [2.45, 2.75) is 38.1 Å². The molecule has 168 valence electrons. The molecule has 1 atom stereocenters. The van der Waals surface area contributed by atoms with E-state index in [1.807, 2.05) is 40.9 Å². The Morgan fingerprint density at radius 2 is 2.03 bits per heavy atom. The number of amides is 2. The largest absolute Gasteiger partial charge is 0.341 e. The van der Waals surface area contributed by atoms with Crippen molar-refractivity contribution in [2.24, 2.45) is 12.0 Å². The molecule has 2 fully saturated rings. The first-order valence-electron chi connectivity index (χ1n) is 11.0. The van der Waals surface area contributed by atoms with Crippen molar-refractivity contribution >= 4 is 34.5 Å². The first-order chi connectivity index (χ1) is 15.5. The highest BCUT2D eigenvalue weighted by molar-refractivity contribution is 5.98. The monoisotopic (exact) mass is 436 g/mol. The van der Waals surface area contributed by atoms with Crippen LogP contribution in [-0.2, 0) is 16.6 Å². The quantitative estimate of drug-likeness (QED) is 0.324. The number of nitriles is 1. The van der Waals surface area contributed by atoms with E-state index in [4.69, 9.17) is 0 Å². The maximum absolute atomic E-state index is 13.2. The molecule has 10 nitrogen and oxygen atoms in total. The summed E-state index contributed by atoms with van der Waals surface area (Å²) in [6.45, 7) is 2.18. The number of nitrogens with zero attached hydrogens (tertiary/aromatic N) is 6. The highest BCUT2D eigenvalue weighted by Crippen LogP contribution is 2.19. The zero-order valence-corrected chi connectivity index (χ0v) is 18.3. The predicted molar refractivity (Wildman–Crippen MR) is 121 cm³/mol. The van der Waals surface area contributed by atoms with E-state index in [0.29, 0.717) is 13.0 Å². The summed E-state index contributed by atoms with van der Waals surface area (Å²) in [5.74, 6) is 0.0368. The maximum Gasteiger partial charge on any atom is 0.247 e. The molecule has 1 aromatic heterocycles. The van der Waals surface area contributed by atoms with Gasteiger partial charge in [-0.1, -0.05) is 0 Å². The van der Waals surface area contributed by atoms with E-state index in [9.17, 15) is 14.9 Å². The van der Waals surface area contributed by atoms with E-state index >= 15 is 0 Å². The average molecular weight is 437 g/mol. The van der Waals surface area contributed by atoms with Crippen molar-refractivity contribution in [1.82, 2.24) is 24.7 Å². The number of likely N-dealkylation sites (tertiary alicyclic amines) is 2. The Hall–Kier alpha value is -3.61. The van der Waals surface area contributed by atoms with Crippen LogP contribution in [0, 0.1) is 11.5 Å². The Labute approximate surface area is 186 Å². The van der Waals surface area contributed by atoms with Gasteiger partial charge in [-0.3, -0.25) is 14.9 Å². The Morgan fingerprint density at radius 1 is 1.25 bits per heavy atom. The number of rotatable bonds is 4. The number of hydrogen-bond acceptors (Lipinski definition) is 5. The van der Waals surface area contributed by atoms with Crippen LogP contribution in [0.3, 0.4) is 0 Å². The van der Waals surface area contributed by atoms with Crippen molar-refractivity contribution in [2.75, 3.05) is 31.5 Å². The van der Waals surface area contributed by atoms with Gasteiger partial charge in [0.05, 0.1) is 23.9 Å². The van der Waals surface area contributed by atoms with Gasteiger partial charge in [-0.15, -0.1) is 0 Å². The van der Waals surface area contributed by atoms with Gasteiger partial charge in [-0.2, -0.15) is 5.26 Å². The second-order valence-electron chi connectivity index (χ2n) is 8.26. The van der Waals surface area contributed by atoms with Gasteiger partial charge in [-0.25, -0.2) is 9.98 Å². The molecule has 32 heavy (non-hydrogen) atoms. The molecule has 3 heterocycles. The van der Waals surface area contributed by atoms with Crippen LogP contribution in [0.5, 0.6) is 0 Å². The minimum atomic E-state index is -0.646. The van der Waals surface area contributed by atoms with Gasteiger partial charge in [0.2, 0.25) is 17.8 Å².